The van der Waals surface area contributed by atoms with Crippen LogP contribution in [0.15, 0.2) is 12.1 Å². The lowest BCUT2D eigenvalue weighted by atomic mass is 9.94. The minimum atomic E-state index is -2.90. The van der Waals surface area contributed by atoms with Gasteiger partial charge in [-0.05, 0) is 23.6 Å². The molecule has 0 fully saturated rings. The number of methoxy groups -OCH3 is 1. The molecule has 0 bridgehead atoms. The van der Waals surface area contributed by atoms with Crippen LogP contribution in [0, 0.1) is 0 Å². The Balaban J connectivity index is 3.41. The van der Waals surface area contributed by atoms with E-state index in [9.17, 15) is 23.8 Å². The molecule has 0 aliphatic rings. The van der Waals surface area contributed by atoms with Crippen molar-refractivity contribution < 1.29 is 28.5 Å². The number of aliphatic hydroxyl groups is 1. The first-order valence-electron chi connectivity index (χ1n) is 5.70. The van der Waals surface area contributed by atoms with Crippen LogP contribution >= 0.6 is 0 Å². The number of phenolic OH excluding ortho intramolecular Hbond substituents is 1. The summed E-state index contributed by atoms with van der Waals surface area (Å²) in [4.78, 5) is 11.3. The van der Waals surface area contributed by atoms with Crippen LogP contribution in [0.4, 0.5) is 8.78 Å². The summed E-state index contributed by atoms with van der Waals surface area (Å²) in [7, 11) is 1.06. The van der Waals surface area contributed by atoms with Crippen molar-refractivity contribution in [2.75, 3.05) is 7.11 Å². The van der Waals surface area contributed by atoms with E-state index in [1.54, 1.807) is 13.8 Å². The number of rotatable bonds is 4. The van der Waals surface area contributed by atoms with Gasteiger partial charge >= 0.3 is 5.97 Å². The van der Waals surface area contributed by atoms with Crippen molar-refractivity contribution in [2.24, 2.45) is 0 Å². The molecule has 4 nitrogen and oxygen atoms in total. The van der Waals surface area contributed by atoms with E-state index in [1.807, 2.05) is 0 Å². The lowest BCUT2D eigenvalue weighted by Crippen LogP contribution is -2.14. The molecular formula is C13H16F2O4. The Bertz CT molecular complexity index is 472. The predicted molar refractivity (Wildman–Crippen MR) is 64.1 cm³/mol. The Labute approximate surface area is 109 Å². The molecule has 19 heavy (non-hydrogen) atoms. The summed E-state index contributed by atoms with van der Waals surface area (Å²) in [5.74, 6) is -1.89. The molecule has 0 saturated carbocycles. The highest BCUT2D eigenvalue weighted by atomic mass is 19.3. The summed E-state index contributed by atoms with van der Waals surface area (Å²) < 4.78 is 30.0. The number of benzene rings is 1. The second-order valence-electron chi connectivity index (χ2n) is 4.43. The number of ether oxygens (including phenoxy) is 1. The maximum Gasteiger partial charge on any atom is 0.339 e. The molecule has 106 valence electrons. The number of aromatic hydroxyl groups is 1. The third kappa shape index (κ3) is 3.20. The van der Waals surface area contributed by atoms with Crippen molar-refractivity contribution in [3.05, 3.63) is 28.8 Å². The molecule has 1 aromatic rings. The van der Waals surface area contributed by atoms with Gasteiger partial charge in [-0.1, -0.05) is 13.8 Å². The molecule has 2 N–H and O–H groups in total. The minimum absolute atomic E-state index is 0.0957. The molecule has 1 atom stereocenters. The molecule has 0 radical (unpaired) electrons. The highest BCUT2D eigenvalue weighted by molar-refractivity contribution is 5.77. The first-order chi connectivity index (χ1) is 8.79. The quantitative estimate of drug-likeness (QED) is 0.828. The van der Waals surface area contributed by atoms with Gasteiger partial charge in [0.05, 0.1) is 12.7 Å². The van der Waals surface area contributed by atoms with Crippen LogP contribution in [-0.4, -0.2) is 23.3 Å². The van der Waals surface area contributed by atoms with Crippen LogP contribution in [-0.2, 0) is 9.53 Å². The zero-order chi connectivity index (χ0) is 14.7. The number of carbonyl (C=O) groups is 1. The van der Waals surface area contributed by atoms with Gasteiger partial charge in [0, 0.05) is 5.56 Å². The average molecular weight is 274 g/mol. The van der Waals surface area contributed by atoms with Crippen LogP contribution < -0.4 is 0 Å². The van der Waals surface area contributed by atoms with E-state index in [1.165, 1.54) is 6.07 Å². The van der Waals surface area contributed by atoms with Crippen LogP contribution in [0.25, 0.3) is 0 Å². The third-order valence-electron chi connectivity index (χ3n) is 2.81. The van der Waals surface area contributed by atoms with Crippen LogP contribution in [0.5, 0.6) is 5.75 Å². The SMILES string of the molecule is COC(=O)C(O)c1cc(C(C)C)cc(C(F)F)c1O. The van der Waals surface area contributed by atoms with Gasteiger partial charge in [-0.25, -0.2) is 13.6 Å². The van der Waals surface area contributed by atoms with E-state index < -0.39 is 29.8 Å². The molecule has 0 amide bonds. The summed E-state index contributed by atoms with van der Waals surface area (Å²) in [6.45, 7) is 3.55. The fourth-order valence-electron chi connectivity index (χ4n) is 1.65. The summed E-state index contributed by atoms with van der Waals surface area (Å²) in [6, 6.07) is 2.49. The number of carbonyl (C=O) groups excluding carboxylic acids is 1. The standard InChI is InChI=1S/C13H16F2O4/c1-6(2)7-4-8(11(17)13(18)19-3)10(16)9(5-7)12(14)15/h4-6,11-12,16-17H,1-3H3. The predicted octanol–water partition coefficient (Wildman–Crippen LogP) is 2.66. The molecule has 1 aromatic carbocycles. The Kier molecular flexibility index (Phi) is 4.83. The van der Waals surface area contributed by atoms with Crippen molar-refractivity contribution >= 4 is 5.97 Å². The van der Waals surface area contributed by atoms with Crippen LogP contribution in [0.1, 0.15) is 49.0 Å². The molecule has 6 heteroatoms. The fourth-order valence-corrected chi connectivity index (χ4v) is 1.65. The van der Waals surface area contributed by atoms with E-state index in [2.05, 4.69) is 4.74 Å². The number of aliphatic hydroxyl groups excluding tert-OH is 1. The van der Waals surface area contributed by atoms with Crippen molar-refractivity contribution in [2.45, 2.75) is 32.3 Å². The fraction of sp³-hybridized carbons (Fsp3) is 0.462. The van der Waals surface area contributed by atoms with Crippen molar-refractivity contribution in [3.8, 4) is 5.75 Å². The lowest BCUT2D eigenvalue weighted by Gasteiger charge is -2.17. The second kappa shape index (κ2) is 5.97. The van der Waals surface area contributed by atoms with Gasteiger partial charge in [0.1, 0.15) is 5.75 Å². The van der Waals surface area contributed by atoms with Crippen molar-refractivity contribution in [3.63, 3.8) is 0 Å². The number of esters is 1. The normalized spacial score (nSPS) is 12.8. The zero-order valence-electron chi connectivity index (χ0n) is 10.9. The topological polar surface area (TPSA) is 66.8 Å². The van der Waals surface area contributed by atoms with E-state index in [0.717, 1.165) is 13.2 Å². The average Bonchev–Trinajstić information content (AvgIpc) is 2.36. The van der Waals surface area contributed by atoms with Gasteiger partial charge in [-0.15, -0.1) is 0 Å². The molecule has 0 saturated heterocycles. The van der Waals surface area contributed by atoms with Gasteiger partial charge < -0.3 is 14.9 Å². The maximum atomic E-state index is 12.8. The zero-order valence-corrected chi connectivity index (χ0v) is 10.9. The summed E-state index contributed by atoms with van der Waals surface area (Å²) >= 11 is 0. The highest BCUT2D eigenvalue weighted by Gasteiger charge is 2.26. The Morgan fingerprint density at radius 2 is 1.79 bits per heavy atom. The number of phenols is 1. The second-order valence-corrected chi connectivity index (χ2v) is 4.43. The molecule has 1 rings (SSSR count). The summed E-state index contributed by atoms with van der Waals surface area (Å²) in [5.41, 5.74) is -0.386. The lowest BCUT2D eigenvalue weighted by molar-refractivity contribution is -0.150. The van der Waals surface area contributed by atoms with Gasteiger partial charge in [0.15, 0.2) is 6.10 Å². The maximum absolute atomic E-state index is 12.8. The highest BCUT2D eigenvalue weighted by Crippen LogP contribution is 2.37. The molecule has 0 aliphatic carbocycles. The largest absolute Gasteiger partial charge is 0.507 e. The molecule has 0 aliphatic heterocycles. The third-order valence-corrected chi connectivity index (χ3v) is 2.81. The molecule has 0 aromatic heterocycles. The van der Waals surface area contributed by atoms with Crippen LogP contribution in [0.2, 0.25) is 0 Å². The number of hydrogen-bond donors (Lipinski definition) is 2. The number of hydrogen-bond acceptors (Lipinski definition) is 4. The summed E-state index contributed by atoms with van der Waals surface area (Å²) in [5, 5.41) is 19.4. The molecule has 0 spiro atoms. The van der Waals surface area contributed by atoms with Gasteiger partial charge in [0.2, 0.25) is 0 Å². The van der Waals surface area contributed by atoms with E-state index >= 15 is 0 Å². The van der Waals surface area contributed by atoms with E-state index in [4.69, 9.17) is 0 Å². The van der Waals surface area contributed by atoms with Gasteiger partial charge in [0.25, 0.3) is 6.43 Å². The molecule has 1 unspecified atom stereocenters. The van der Waals surface area contributed by atoms with E-state index in [-0.39, 0.29) is 11.5 Å². The number of alkyl halides is 2. The smallest absolute Gasteiger partial charge is 0.339 e. The molecule has 0 heterocycles. The van der Waals surface area contributed by atoms with Crippen molar-refractivity contribution in [1.82, 2.24) is 0 Å². The summed E-state index contributed by atoms with van der Waals surface area (Å²) in [6.07, 6.45) is -4.69. The Hall–Kier alpha value is -1.69. The van der Waals surface area contributed by atoms with Gasteiger partial charge in [-0.3, -0.25) is 0 Å². The minimum Gasteiger partial charge on any atom is -0.507 e. The first kappa shape index (κ1) is 15.4. The van der Waals surface area contributed by atoms with Gasteiger partial charge in [-0.2, -0.15) is 0 Å². The Morgan fingerprint density at radius 3 is 2.21 bits per heavy atom. The Morgan fingerprint density at radius 1 is 1.26 bits per heavy atom. The van der Waals surface area contributed by atoms with Crippen LogP contribution in [0.3, 0.4) is 0 Å². The first-order valence-corrected chi connectivity index (χ1v) is 5.70. The van der Waals surface area contributed by atoms with E-state index in [0.29, 0.717) is 5.56 Å². The monoisotopic (exact) mass is 274 g/mol. The number of halogens is 2. The van der Waals surface area contributed by atoms with Crippen molar-refractivity contribution in [1.29, 1.82) is 0 Å². The molecular weight excluding hydrogens is 258 g/mol.